The number of carbonyl (C=O) groups is 1. The van der Waals surface area contributed by atoms with Gasteiger partial charge >= 0.3 is 0 Å². The Hall–Kier alpha value is -1.08. The molecule has 6 nitrogen and oxygen atoms in total. The van der Waals surface area contributed by atoms with E-state index in [4.69, 9.17) is 10.7 Å². The van der Waals surface area contributed by atoms with Crippen LogP contribution in [0.1, 0.15) is 36.7 Å². The van der Waals surface area contributed by atoms with E-state index in [0.717, 1.165) is 12.8 Å². The molecule has 106 valence electrons. The average Bonchev–Trinajstić information content (AvgIpc) is 2.46. The summed E-state index contributed by atoms with van der Waals surface area (Å²) in [5.74, 6) is -0.123. The second-order valence-corrected chi connectivity index (χ2v) is 7.19. The molecule has 2 rings (SSSR count). The lowest BCUT2D eigenvalue weighted by atomic mass is 10.1. The molecule has 1 fully saturated rings. The largest absolute Gasteiger partial charge is 0.354 e. The number of aromatic nitrogens is 2. The first-order valence-electron chi connectivity index (χ1n) is 6.10. The van der Waals surface area contributed by atoms with E-state index < -0.39 is 15.1 Å². The maximum atomic E-state index is 12.0. The van der Waals surface area contributed by atoms with Gasteiger partial charge in [-0.2, -0.15) is 5.10 Å². The molecule has 0 bridgehead atoms. The van der Waals surface area contributed by atoms with Crippen molar-refractivity contribution in [1.82, 2.24) is 15.1 Å². The molecular formula is C11H16ClN3O3S. The maximum absolute atomic E-state index is 12.0. The maximum Gasteiger partial charge on any atom is 0.264 e. The number of nitrogens with zero attached hydrogens (tertiary/aromatic N) is 2. The smallest absolute Gasteiger partial charge is 0.264 e. The van der Waals surface area contributed by atoms with Crippen LogP contribution in [0, 0.1) is 13.8 Å². The van der Waals surface area contributed by atoms with E-state index in [-0.39, 0.29) is 10.8 Å². The lowest BCUT2D eigenvalue weighted by Crippen LogP contribution is -2.31. The highest BCUT2D eigenvalue weighted by molar-refractivity contribution is 8.13. The van der Waals surface area contributed by atoms with Gasteiger partial charge in [-0.05, 0) is 33.1 Å². The first-order valence-corrected chi connectivity index (χ1v) is 8.41. The Morgan fingerprint density at radius 1 is 1.37 bits per heavy atom. The summed E-state index contributed by atoms with van der Waals surface area (Å²) in [5, 5.41) is 6.99. The summed E-state index contributed by atoms with van der Waals surface area (Å²) in [5.41, 5.74) is 0.735. The Kier molecular flexibility index (Phi) is 3.87. The molecule has 19 heavy (non-hydrogen) atoms. The fourth-order valence-electron chi connectivity index (χ4n) is 2.46. The van der Waals surface area contributed by atoms with Crippen molar-refractivity contribution in [2.45, 2.75) is 44.0 Å². The van der Waals surface area contributed by atoms with Crippen molar-refractivity contribution in [3.63, 3.8) is 0 Å². The molecule has 0 radical (unpaired) electrons. The standard InChI is InChI=1S/C11H16ClN3O3S/c1-7-10(19(12,17)18)8(2)15(14-7)9-5-3-4-6-13-11(9)16/h9H,3-6H2,1-2H3,(H,13,16). The summed E-state index contributed by atoms with van der Waals surface area (Å²) in [4.78, 5) is 12.0. The highest BCUT2D eigenvalue weighted by Gasteiger charge is 2.29. The molecule has 0 aliphatic carbocycles. The van der Waals surface area contributed by atoms with E-state index in [1.807, 2.05) is 0 Å². The van der Waals surface area contributed by atoms with E-state index >= 15 is 0 Å². The zero-order chi connectivity index (χ0) is 14.2. The minimum atomic E-state index is -3.85. The van der Waals surface area contributed by atoms with Crippen molar-refractivity contribution in [2.75, 3.05) is 6.54 Å². The highest BCUT2D eigenvalue weighted by atomic mass is 35.7. The zero-order valence-corrected chi connectivity index (χ0v) is 12.4. The van der Waals surface area contributed by atoms with Crippen molar-refractivity contribution in [1.29, 1.82) is 0 Å². The monoisotopic (exact) mass is 305 g/mol. The Morgan fingerprint density at radius 3 is 2.63 bits per heavy atom. The molecule has 8 heteroatoms. The van der Waals surface area contributed by atoms with Gasteiger partial charge in [-0.1, -0.05) is 0 Å². The quantitative estimate of drug-likeness (QED) is 0.834. The molecule has 1 aromatic rings. The SMILES string of the molecule is Cc1nn(C2CCCCNC2=O)c(C)c1S(=O)(=O)Cl. The van der Waals surface area contributed by atoms with Crippen LogP contribution in [0.3, 0.4) is 0 Å². The van der Waals surface area contributed by atoms with Crippen LogP contribution in [0.15, 0.2) is 4.90 Å². The second-order valence-electron chi connectivity index (χ2n) is 4.68. The van der Waals surface area contributed by atoms with E-state index in [1.165, 1.54) is 4.68 Å². The molecule has 1 saturated heterocycles. The van der Waals surface area contributed by atoms with Crippen LogP contribution in [-0.4, -0.2) is 30.7 Å². The molecule has 1 N–H and O–H groups in total. The third-order valence-corrected chi connectivity index (χ3v) is 4.85. The molecular weight excluding hydrogens is 290 g/mol. The first kappa shape index (κ1) is 14.3. The van der Waals surface area contributed by atoms with Gasteiger partial charge in [0.25, 0.3) is 9.05 Å². The lowest BCUT2D eigenvalue weighted by molar-refractivity contribution is -0.124. The highest BCUT2D eigenvalue weighted by Crippen LogP contribution is 2.27. The minimum Gasteiger partial charge on any atom is -0.354 e. The van der Waals surface area contributed by atoms with Crippen LogP contribution in [-0.2, 0) is 13.8 Å². The molecule has 0 spiro atoms. The number of hydrogen-bond acceptors (Lipinski definition) is 4. The van der Waals surface area contributed by atoms with Crippen molar-refractivity contribution >= 4 is 25.6 Å². The number of nitrogens with one attached hydrogen (secondary N) is 1. The second kappa shape index (κ2) is 5.13. The fourth-order valence-corrected chi connectivity index (χ4v) is 3.97. The number of aryl methyl sites for hydroxylation is 1. The van der Waals surface area contributed by atoms with Crippen LogP contribution >= 0.6 is 10.7 Å². The molecule has 1 aliphatic heterocycles. The predicted octanol–water partition coefficient (Wildman–Crippen LogP) is 1.27. The number of hydrogen-bond donors (Lipinski definition) is 1. The van der Waals surface area contributed by atoms with E-state index in [2.05, 4.69) is 10.4 Å². The summed E-state index contributed by atoms with van der Waals surface area (Å²) in [7, 11) is 1.56. The molecule has 2 heterocycles. The Morgan fingerprint density at radius 2 is 2.05 bits per heavy atom. The predicted molar refractivity (Wildman–Crippen MR) is 70.6 cm³/mol. The van der Waals surface area contributed by atoms with Gasteiger partial charge in [0.15, 0.2) is 0 Å². The van der Waals surface area contributed by atoms with Crippen LogP contribution in [0.4, 0.5) is 0 Å². The third-order valence-electron chi connectivity index (χ3n) is 3.30. The van der Waals surface area contributed by atoms with E-state index in [9.17, 15) is 13.2 Å². The summed E-state index contributed by atoms with van der Waals surface area (Å²) < 4.78 is 24.5. The van der Waals surface area contributed by atoms with Gasteiger partial charge in [0, 0.05) is 17.2 Å². The molecule has 1 unspecified atom stereocenters. The summed E-state index contributed by atoms with van der Waals surface area (Å²) >= 11 is 0. The van der Waals surface area contributed by atoms with Gasteiger partial charge in [0.2, 0.25) is 5.91 Å². The normalized spacial score (nSPS) is 21.0. The molecule has 1 amide bonds. The Labute approximate surface area is 116 Å². The summed E-state index contributed by atoms with van der Waals surface area (Å²) in [6, 6.07) is -0.464. The van der Waals surface area contributed by atoms with Crippen molar-refractivity contribution < 1.29 is 13.2 Å². The first-order chi connectivity index (χ1) is 8.82. The topological polar surface area (TPSA) is 81.1 Å². The molecule has 1 aliphatic rings. The van der Waals surface area contributed by atoms with Crippen LogP contribution in [0.2, 0.25) is 0 Å². The van der Waals surface area contributed by atoms with Gasteiger partial charge in [0.05, 0.1) is 11.4 Å². The van der Waals surface area contributed by atoms with Crippen molar-refractivity contribution in [2.24, 2.45) is 0 Å². The van der Waals surface area contributed by atoms with E-state index in [1.54, 1.807) is 13.8 Å². The van der Waals surface area contributed by atoms with Gasteiger partial charge in [0.1, 0.15) is 10.9 Å². The number of amides is 1. The number of rotatable bonds is 2. The molecule has 0 aromatic carbocycles. The van der Waals surface area contributed by atoms with Gasteiger partial charge in [-0.15, -0.1) is 0 Å². The van der Waals surface area contributed by atoms with Crippen LogP contribution in [0.25, 0.3) is 0 Å². The van der Waals surface area contributed by atoms with Gasteiger partial charge in [-0.25, -0.2) is 8.42 Å². The van der Waals surface area contributed by atoms with Crippen molar-refractivity contribution in [3.05, 3.63) is 11.4 Å². The van der Waals surface area contributed by atoms with Gasteiger partial charge in [-0.3, -0.25) is 9.48 Å². The van der Waals surface area contributed by atoms with Gasteiger partial charge < -0.3 is 5.32 Å². The van der Waals surface area contributed by atoms with Crippen LogP contribution < -0.4 is 5.32 Å². The Bertz CT molecular complexity index is 609. The van der Waals surface area contributed by atoms with Crippen LogP contribution in [0.5, 0.6) is 0 Å². The minimum absolute atomic E-state index is 0.00575. The third kappa shape index (κ3) is 2.76. The fraction of sp³-hybridized carbons (Fsp3) is 0.636. The Balaban J connectivity index is 2.49. The number of carbonyl (C=O) groups excluding carboxylic acids is 1. The molecule has 1 aromatic heterocycles. The summed E-state index contributed by atoms with van der Waals surface area (Å²) in [6.07, 6.45) is 2.46. The lowest BCUT2D eigenvalue weighted by Gasteiger charge is -2.15. The molecule has 1 atom stereocenters. The zero-order valence-electron chi connectivity index (χ0n) is 10.8. The average molecular weight is 306 g/mol. The molecule has 0 saturated carbocycles. The number of halogens is 1. The summed E-state index contributed by atoms with van der Waals surface area (Å²) in [6.45, 7) is 3.84. The van der Waals surface area contributed by atoms with Crippen molar-refractivity contribution in [3.8, 4) is 0 Å². The van der Waals surface area contributed by atoms with E-state index in [0.29, 0.717) is 24.4 Å².